The molecular formula is C19H23NO. The normalized spacial score (nSPS) is 10.5. The van der Waals surface area contributed by atoms with E-state index in [4.69, 9.17) is 0 Å². The molecule has 0 radical (unpaired) electrons. The lowest BCUT2D eigenvalue weighted by Gasteiger charge is -2.24. The van der Waals surface area contributed by atoms with Gasteiger partial charge in [-0.15, -0.1) is 0 Å². The van der Waals surface area contributed by atoms with Crippen molar-refractivity contribution in [2.75, 3.05) is 11.4 Å². The maximum Gasteiger partial charge on any atom is 0.258 e. The first kappa shape index (κ1) is 15.3. The molecule has 0 atom stereocenters. The van der Waals surface area contributed by atoms with Gasteiger partial charge in [-0.1, -0.05) is 35.4 Å². The van der Waals surface area contributed by atoms with Gasteiger partial charge in [-0.05, 0) is 57.9 Å². The molecule has 0 saturated carbocycles. The number of rotatable bonds is 3. The van der Waals surface area contributed by atoms with Crippen molar-refractivity contribution in [2.24, 2.45) is 0 Å². The summed E-state index contributed by atoms with van der Waals surface area (Å²) in [5.41, 5.74) is 6.27. The van der Waals surface area contributed by atoms with Gasteiger partial charge in [-0.3, -0.25) is 4.79 Å². The monoisotopic (exact) mass is 281 g/mol. The minimum absolute atomic E-state index is 0.0747. The summed E-state index contributed by atoms with van der Waals surface area (Å²) in [5, 5.41) is 0. The molecule has 0 aliphatic carbocycles. The second-order valence-corrected chi connectivity index (χ2v) is 5.66. The van der Waals surface area contributed by atoms with Crippen LogP contribution in [0.3, 0.4) is 0 Å². The Hall–Kier alpha value is -2.09. The molecule has 2 aromatic carbocycles. The van der Waals surface area contributed by atoms with E-state index in [1.165, 1.54) is 5.56 Å². The summed E-state index contributed by atoms with van der Waals surface area (Å²) < 4.78 is 0. The second-order valence-electron chi connectivity index (χ2n) is 5.66. The summed E-state index contributed by atoms with van der Waals surface area (Å²) in [6.45, 7) is 10.8. The molecule has 0 aliphatic rings. The van der Waals surface area contributed by atoms with Crippen molar-refractivity contribution in [3.05, 3.63) is 64.2 Å². The number of anilines is 1. The van der Waals surface area contributed by atoms with Crippen LogP contribution in [0.5, 0.6) is 0 Å². The number of carbonyl (C=O) groups is 1. The Morgan fingerprint density at radius 3 is 2.14 bits per heavy atom. The smallest absolute Gasteiger partial charge is 0.258 e. The van der Waals surface area contributed by atoms with Crippen molar-refractivity contribution >= 4 is 11.6 Å². The molecule has 2 heteroatoms. The highest BCUT2D eigenvalue weighted by Crippen LogP contribution is 2.24. The molecule has 2 rings (SSSR count). The molecule has 0 heterocycles. The van der Waals surface area contributed by atoms with E-state index in [-0.39, 0.29) is 5.91 Å². The van der Waals surface area contributed by atoms with Crippen LogP contribution in [0.15, 0.2) is 36.4 Å². The molecule has 0 bridgehead atoms. The first-order valence-corrected chi connectivity index (χ1v) is 7.40. The number of benzene rings is 2. The lowest BCUT2D eigenvalue weighted by atomic mass is 10.0. The molecule has 0 aromatic heterocycles. The zero-order valence-electron chi connectivity index (χ0n) is 13.5. The SMILES string of the molecule is CCN(C(=O)c1cc(C)ccc1C)c1ccc(C)cc1C. The highest BCUT2D eigenvalue weighted by molar-refractivity contribution is 6.07. The Morgan fingerprint density at radius 2 is 1.52 bits per heavy atom. The van der Waals surface area contributed by atoms with Crippen LogP contribution in [0.1, 0.15) is 39.5 Å². The number of nitrogens with zero attached hydrogens (tertiary/aromatic N) is 1. The van der Waals surface area contributed by atoms with Crippen LogP contribution >= 0.6 is 0 Å². The second kappa shape index (κ2) is 6.13. The molecular weight excluding hydrogens is 258 g/mol. The van der Waals surface area contributed by atoms with Crippen molar-refractivity contribution in [3.8, 4) is 0 Å². The molecule has 21 heavy (non-hydrogen) atoms. The third kappa shape index (κ3) is 3.15. The maximum absolute atomic E-state index is 12.9. The summed E-state index contributed by atoms with van der Waals surface area (Å²) in [4.78, 5) is 14.8. The van der Waals surface area contributed by atoms with Gasteiger partial charge in [-0.25, -0.2) is 0 Å². The van der Waals surface area contributed by atoms with E-state index in [1.54, 1.807) is 0 Å². The Balaban J connectivity index is 2.45. The summed E-state index contributed by atoms with van der Waals surface area (Å²) in [5.74, 6) is 0.0747. The molecule has 0 fully saturated rings. The topological polar surface area (TPSA) is 20.3 Å². The van der Waals surface area contributed by atoms with Crippen LogP contribution in [0.4, 0.5) is 5.69 Å². The van der Waals surface area contributed by atoms with Gasteiger partial charge in [0.05, 0.1) is 0 Å². The van der Waals surface area contributed by atoms with Gasteiger partial charge >= 0.3 is 0 Å². The zero-order valence-corrected chi connectivity index (χ0v) is 13.5. The van der Waals surface area contributed by atoms with Crippen molar-refractivity contribution in [1.29, 1.82) is 0 Å². The van der Waals surface area contributed by atoms with Crippen LogP contribution in [0, 0.1) is 27.7 Å². The molecule has 0 unspecified atom stereocenters. The van der Waals surface area contributed by atoms with E-state index < -0.39 is 0 Å². The average molecular weight is 281 g/mol. The number of carbonyl (C=O) groups excluding carboxylic acids is 1. The third-order valence-electron chi connectivity index (χ3n) is 3.83. The molecule has 0 spiro atoms. The molecule has 0 N–H and O–H groups in total. The van der Waals surface area contributed by atoms with Gasteiger partial charge in [-0.2, -0.15) is 0 Å². The minimum Gasteiger partial charge on any atom is -0.308 e. The molecule has 1 amide bonds. The predicted molar refractivity (Wildman–Crippen MR) is 89.2 cm³/mol. The van der Waals surface area contributed by atoms with Crippen molar-refractivity contribution in [1.82, 2.24) is 0 Å². The van der Waals surface area contributed by atoms with Gasteiger partial charge in [0.15, 0.2) is 0 Å². The number of hydrogen-bond acceptors (Lipinski definition) is 1. The fourth-order valence-electron chi connectivity index (χ4n) is 2.64. The van der Waals surface area contributed by atoms with Gasteiger partial charge in [0.25, 0.3) is 5.91 Å². The summed E-state index contributed by atoms with van der Waals surface area (Å²) in [7, 11) is 0. The van der Waals surface area contributed by atoms with Gasteiger partial charge in [0.2, 0.25) is 0 Å². The highest BCUT2D eigenvalue weighted by Gasteiger charge is 2.19. The Bertz CT molecular complexity index is 673. The summed E-state index contributed by atoms with van der Waals surface area (Å²) in [6, 6.07) is 12.2. The fraction of sp³-hybridized carbons (Fsp3) is 0.316. The van der Waals surface area contributed by atoms with Gasteiger partial charge < -0.3 is 4.90 Å². The maximum atomic E-state index is 12.9. The first-order chi connectivity index (χ1) is 9.93. The van der Waals surface area contributed by atoms with Crippen molar-refractivity contribution < 1.29 is 4.79 Å². The lowest BCUT2D eigenvalue weighted by Crippen LogP contribution is -2.31. The van der Waals surface area contributed by atoms with E-state index in [2.05, 4.69) is 26.0 Å². The van der Waals surface area contributed by atoms with Crippen molar-refractivity contribution in [2.45, 2.75) is 34.6 Å². The Labute approximate surface area is 127 Å². The van der Waals surface area contributed by atoms with Crippen LogP contribution < -0.4 is 4.90 Å². The fourth-order valence-corrected chi connectivity index (χ4v) is 2.64. The standard InChI is InChI=1S/C19H23NO/c1-6-20(18-10-8-13(2)11-16(18)5)19(21)17-12-14(3)7-9-15(17)4/h7-12H,6H2,1-5H3. The summed E-state index contributed by atoms with van der Waals surface area (Å²) in [6.07, 6.45) is 0. The molecule has 0 saturated heterocycles. The van der Waals surface area contributed by atoms with E-state index in [9.17, 15) is 4.79 Å². The summed E-state index contributed by atoms with van der Waals surface area (Å²) >= 11 is 0. The van der Waals surface area contributed by atoms with Crippen LogP contribution in [0.2, 0.25) is 0 Å². The van der Waals surface area contributed by atoms with E-state index in [0.717, 1.165) is 27.9 Å². The van der Waals surface area contributed by atoms with Gasteiger partial charge in [0, 0.05) is 17.8 Å². The molecule has 2 aromatic rings. The average Bonchev–Trinajstić information content (AvgIpc) is 2.44. The molecule has 2 nitrogen and oxygen atoms in total. The number of amides is 1. The minimum atomic E-state index is 0.0747. The van der Waals surface area contributed by atoms with E-state index >= 15 is 0 Å². The highest BCUT2D eigenvalue weighted by atomic mass is 16.2. The van der Waals surface area contributed by atoms with E-state index in [1.807, 2.05) is 49.9 Å². The molecule has 0 aliphatic heterocycles. The van der Waals surface area contributed by atoms with Crippen LogP contribution in [-0.2, 0) is 0 Å². The largest absolute Gasteiger partial charge is 0.308 e. The Kier molecular flexibility index (Phi) is 4.46. The zero-order chi connectivity index (χ0) is 15.6. The van der Waals surface area contributed by atoms with Crippen molar-refractivity contribution in [3.63, 3.8) is 0 Å². The predicted octanol–water partition coefficient (Wildman–Crippen LogP) is 4.59. The molecule has 110 valence electrons. The number of hydrogen-bond donors (Lipinski definition) is 0. The van der Waals surface area contributed by atoms with Gasteiger partial charge in [0.1, 0.15) is 0 Å². The van der Waals surface area contributed by atoms with Crippen LogP contribution in [0.25, 0.3) is 0 Å². The number of aryl methyl sites for hydroxylation is 4. The Morgan fingerprint density at radius 1 is 0.905 bits per heavy atom. The first-order valence-electron chi connectivity index (χ1n) is 7.40. The third-order valence-corrected chi connectivity index (χ3v) is 3.83. The lowest BCUT2D eigenvalue weighted by molar-refractivity contribution is 0.0987. The van der Waals surface area contributed by atoms with E-state index in [0.29, 0.717) is 6.54 Å². The quantitative estimate of drug-likeness (QED) is 0.806. The van der Waals surface area contributed by atoms with Crippen LogP contribution in [-0.4, -0.2) is 12.5 Å².